The molecule has 2 amide bonds. The Morgan fingerprint density at radius 2 is 1.90 bits per heavy atom. The van der Waals surface area contributed by atoms with E-state index in [0.29, 0.717) is 28.6 Å². The first kappa shape index (κ1) is 21.2. The average molecular weight is 436 g/mol. The summed E-state index contributed by atoms with van der Waals surface area (Å²) in [6, 6.07) is 17.0. The minimum absolute atomic E-state index is 0.0885. The lowest BCUT2D eigenvalue weighted by atomic mass is 10.1. The van der Waals surface area contributed by atoms with Gasteiger partial charge in [-0.15, -0.1) is 0 Å². The predicted octanol–water partition coefficient (Wildman–Crippen LogP) is 4.65. The minimum atomic E-state index is -0.156. The normalized spacial score (nSPS) is 13.1. The summed E-state index contributed by atoms with van der Waals surface area (Å²) in [4.78, 5) is 29.9. The van der Waals surface area contributed by atoms with Crippen LogP contribution in [0.5, 0.6) is 5.75 Å². The number of fused-ring (bicyclic) bond motifs is 1. The highest BCUT2D eigenvalue weighted by Crippen LogP contribution is 2.27. The van der Waals surface area contributed by atoms with E-state index in [1.165, 1.54) is 11.8 Å². The number of amides is 2. The van der Waals surface area contributed by atoms with Gasteiger partial charge in [0.15, 0.2) is 0 Å². The van der Waals surface area contributed by atoms with Crippen LogP contribution >= 0.6 is 11.8 Å². The zero-order chi connectivity index (χ0) is 21.6. The molecule has 0 aliphatic heterocycles. The number of benzene rings is 2. The first-order valence-electron chi connectivity index (χ1n) is 10.5. The number of hydrogen-bond donors (Lipinski definition) is 2. The van der Waals surface area contributed by atoms with E-state index in [-0.39, 0.29) is 23.6 Å². The van der Waals surface area contributed by atoms with Crippen molar-refractivity contribution in [2.75, 3.05) is 17.7 Å². The quantitative estimate of drug-likeness (QED) is 0.479. The van der Waals surface area contributed by atoms with Gasteiger partial charge in [-0.3, -0.25) is 9.59 Å². The topological polar surface area (TPSA) is 80.3 Å². The molecule has 1 aliphatic carbocycles. The van der Waals surface area contributed by atoms with Crippen LogP contribution in [0.2, 0.25) is 0 Å². The lowest BCUT2D eigenvalue weighted by molar-refractivity contribution is -0.113. The van der Waals surface area contributed by atoms with E-state index >= 15 is 0 Å². The fraction of sp³-hybridized carbons (Fsp3) is 0.292. The van der Waals surface area contributed by atoms with Gasteiger partial charge >= 0.3 is 0 Å². The SMILES string of the molecule is CCCOc1ccccc1NC(=O)CSc1cc(C(=O)NC2CC2)c2ccccc2n1. The number of carbonyl (C=O) groups excluding carboxylic acids is 2. The van der Waals surface area contributed by atoms with Crippen molar-refractivity contribution in [1.82, 2.24) is 10.3 Å². The number of pyridine rings is 1. The highest BCUT2D eigenvalue weighted by atomic mass is 32.2. The second-order valence-electron chi connectivity index (χ2n) is 7.45. The third-order valence-electron chi connectivity index (χ3n) is 4.82. The highest BCUT2D eigenvalue weighted by Gasteiger charge is 2.25. The number of rotatable bonds is 9. The maximum Gasteiger partial charge on any atom is 0.252 e. The molecule has 4 rings (SSSR count). The molecule has 1 heterocycles. The van der Waals surface area contributed by atoms with Gasteiger partial charge in [-0.1, -0.05) is 49.0 Å². The largest absolute Gasteiger partial charge is 0.491 e. The summed E-state index contributed by atoms with van der Waals surface area (Å²) in [6.07, 6.45) is 2.95. The van der Waals surface area contributed by atoms with Gasteiger partial charge in [0.1, 0.15) is 5.75 Å². The van der Waals surface area contributed by atoms with Gasteiger partial charge < -0.3 is 15.4 Å². The zero-order valence-electron chi connectivity index (χ0n) is 17.4. The first-order chi connectivity index (χ1) is 15.1. The van der Waals surface area contributed by atoms with E-state index in [1.54, 1.807) is 6.07 Å². The second kappa shape index (κ2) is 9.83. The molecular weight excluding hydrogens is 410 g/mol. The van der Waals surface area contributed by atoms with E-state index in [2.05, 4.69) is 15.6 Å². The number of carbonyl (C=O) groups is 2. The number of ether oxygens (including phenoxy) is 1. The average Bonchev–Trinajstić information content (AvgIpc) is 3.60. The second-order valence-corrected chi connectivity index (χ2v) is 8.45. The van der Waals surface area contributed by atoms with Crippen LogP contribution in [0.3, 0.4) is 0 Å². The van der Waals surface area contributed by atoms with Gasteiger partial charge in [0.05, 0.1) is 34.2 Å². The van der Waals surface area contributed by atoms with Gasteiger partial charge in [0, 0.05) is 11.4 Å². The van der Waals surface area contributed by atoms with Crippen LogP contribution in [-0.4, -0.2) is 35.2 Å². The van der Waals surface area contributed by atoms with Crippen molar-refractivity contribution < 1.29 is 14.3 Å². The van der Waals surface area contributed by atoms with E-state index in [1.807, 2.05) is 55.5 Å². The van der Waals surface area contributed by atoms with Crippen molar-refractivity contribution in [3.63, 3.8) is 0 Å². The van der Waals surface area contributed by atoms with Crippen LogP contribution in [-0.2, 0) is 4.79 Å². The summed E-state index contributed by atoms with van der Waals surface area (Å²) in [6.45, 7) is 2.63. The molecule has 7 heteroatoms. The molecule has 0 radical (unpaired) electrons. The van der Waals surface area contributed by atoms with Crippen molar-refractivity contribution in [1.29, 1.82) is 0 Å². The molecule has 0 bridgehead atoms. The molecule has 0 unspecified atom stereocenters. The Morgan fingerprint density at radius 1 is 1.13 bits per heavy atom. The summed E-state index contributed by atoms with van der Waals surface area (Å²) in [7, 11) is 0. The van der Waals surface area contributed by atoms with Crippen LogP contribution < -0.4 is 15.4 Å². The molecule has 160 valence electrons. The van der Waals surface area contributed by atoms with Crippen molar-refractivity contribution >= 4 is 40.2 Å². The molecular formula is C24H25N3O3S. The number of anilines is 1. The third-order valence-corrected chi connectivity index (χ3v) is 5.74. The molecule has 1 saturated carbocycles. The van der Waals surface area contributed by atoms with Crippen molar-refractivity contribution in [3.05, 3.63) is 60.2 Å². The Hall–Kier alpha value is -3.06. The van der Waals surface area contributed by atoms with Crippen molar-refractivity contribution in [2.24, 2.45) is 0 Å². The molecule has 0 saturated heterocycles. The molecule has 1 aromatic heterocycles. The predicted molar refractivity (Wildman–Crippen MR) is 124 cm³/mol. The summed E-state index contributed by atoms with van der Waals surface area (Å²) >= 11 is 1.31. The van der Waals surface area contributed by atoms with E-state index < -0.39 is 0 Å². The molecule has 6 nitrogen and oxygen atoms in total. The molecule has 31 heavy (non-hydrogen) atoms. The molecule has 2 N–H and O–H groups in total. The monoisotopic (exact) mass is 435 g/mol. The Balaban J connectivity index is 1.46. The zero-order valence-corrected chi connectivity index (χ0v) is 18.2. The van der Waals surface area contributed by atoms with Gasteiger partial charge in [-0.25, -0.2) is 4.98 Å². The van der Waals surface area contributed by atoms with Crippen LogP contribution in [0.1, 0.15) is 36.5 Å². The van der Waals surface area contributed by atoms with Crippen LogP contribution in [0, 0.1) is 0 Å². The molecule has 0 atom stereocenters. The molecule has 3 aromatic rings. The lowest BCUT2D eigenvalue weighted by Gasteiger charge is -2.12. The van der Waals surface area contributed by atoms with Crippen molar-refractivity contribution in [2.45, 2.75) is 37.3 Å². The number of aromatic nitrogens is 1. The fourth-order valence-corrected chi connectivity index (χ4v) is 3.85. The van der Waals surface area contributed by atoms with E-state index in [4.69, 9.17) is 4.74 Å². The first-order valence-corrected chi connectivity index (χ1v) is 11.5. The maximum atomic E-state index is 12.7. The summed E-state index contributed by atoms with van der Waals surface area (Å²) in [5.41, 5.74) is 1.99. The molecule has 0 spiro atoms. The van der Waals surface area contributed by atoms with E-state index in [0.717, 1.165) is 30.2 Å². The summed E-state index contributed by atoms with van der Waals surface area (Å²) in [5, 5.41) is 7.41. The number of para-hydroxylation sites is 3. The third kappa shape index (κ3) is 5.55. The number of thioether (sulfide) groups is 1. The maximum absolute atomic E-state index is 12.7. The molecule has 2 aromatic carbocycles. The van der Waals surface area contributed by atoms with Crippen molar-refractivity contribution in [3.8, 4) is 5.75 Å². The molecule has 1 aliphatic rings. The van der Waals surface area contributed by atoms with Gasteiger partial charge in [-0.05, 0) is 43.5 Å². The summed E-state index contributed by atoms with van der Waals surface area (Å²) in [5.74, 6) is 0.591. The Kier molecular flexibility index (Phi) is 6.72. The lowest BCUT2D eigenvalue weighted by Crippen LogP contribution is -2.25. The Morgan fingerprint density at radius 3 is 2.71 bits per heavy atom. The standard InChI is InChI=1S/C24H25N3O3S/c1-2-13-30-21-10-6-5-9-20(21)26-22(28)15-31-23-14-18(24(29)25-16-11-12-16)17-7-3-4-8-19(17)27-23/h3-10,14,16H,2,11-13,15H2,1H3,(H,25,29)(H,26,28). The van der Waals surface area contributed by atoms with Gasteiger partial charge in [0.25, 0.3) is 5.91 Å². The Labute approximate surface area is 185 Å². The smallest absolute Gasteiger partial charge is 0.252 e. The number of nitrogens with one attached hydrogen (secondary N) is 2. The number of hydrogen-bond acceptors (Lipinski definition) is 5. The summed E-state index contributed by atoms with van der Waals surface area (Å²) < 4.78 is 5.70. The van der Waals surface area contributed by atoms with Crippen LogP contribution in [0.4, 0.5) is 5.69 Å². The molecule has 1 fully saturated rings. The van der Waals surface area contributed by atoms with Crippen LogP contribution in [0.15, 0.2) is 59.6 Å². The minimum Gasteiger partial charge on any atom is -0.491 e. The fourth-order valence-electron chi connectivity index (χ4n) is 3.14. The van der Waals surface area contributed by atoms with Gasteiger partial charge in [-0.2, -0.15) is 0 Å². The Bertz CT molecular complexity index is 1100. The number of nitrogens with zero attached hydrogens (tertiary/aromatic N) is 1. The van der Waals surface area contributed by atoms with Crippen LogP contribution in [0.25, 0.3) is 10.9 Å². The van der Waals surface area contributed by atoms with Gasteiger partial charge in [0.2, 0.25) is 5.91 Å². The highest BCUT2D eigenvalue weighted by molar-refractivity contribution is 7.99. The van der Waals surface area contributed by atoms with E-state index in [9.17, 15) is 9.59 Å².